The summed E-state index contributed by atoms with van der Waals surface area (Å²) in [7, 11) is 0. The summed E-state index contributed by atoms with van der Waals surface area (Å²) in [6, 6.07) is 10.5. The zero-order valence-electron chi connectivity index (χ0n) is 13.5. The average molecular weight is 325 g/mol. The number of hydrogen-bond donors (Lipinski definition) is 2. The molecule has 2 N–H and O–H groups in total. The topological polar surface area (TPSA) is 92.7 Å². The molecule has 0 unspecified atom stereocenters. The average Bonchev–Trinajstić information content (AvgIpc) is 3.02. The molecule has 0 atom stereocenters. The first-order valence-corrected chi connectivity index (χ1v) is 7.97. The molecule has 1 amide bonds. The van der Waals surface area contributed by atoms with Gasteiger partial charge in [-0.25, -0.2) is 9.67 Å². The highest BCUT2D eigenvalue weighted by Gasteiger charge is 2.10. The molecule has 24 heavy (non-hydrogen) atoms. The fourth-order valence-corrected chi connectivity index (χ4v) is 2.38. The van der Waals surface area contributed by atoms with Gasteiger partial charge in [-0.05, 0) is 24.6 Å². The smallest absolute Gasteiger partial charge is 0.272 e. The first-order valence-electron chi connectivity index (χ1n) is 7.97. The molecule has 2 heterocycles. The van der Waals surface area contributed by atoms with E-state index in [4.69, 9.17) is 0 Å². The van der Waals surface area contributed by atoms with Crippen LogP contribution in [0.1, 0.15) is 36.1 Å². The molecule has 0 saturated heterocycles. The van der Waals surface area contributed by atoms with Crippen molar-refractivity contribution in [1.82, 2.24) is 25.1 Å². The third kappa shape index (κ3) is 3.51. The van der Waals surface area contributed by atoms with Crippen molar-refractivity contribution in [2.45, 2.75) is 32.9 Å². The van der Waals surface area contributed by atoms with Gasteiger partial charge in [0.15, 0.2) is 0 Å². The van der Waals surface area contributed by atoms with E-state index < -0.39 is 0 Å². The van der Waals surface area contributed by atoms with Crippen LogP contribution in [0.3, 0.4) is 0 Å². The van der Waals surface area contributed by atoms with Gasteiger partial charge in [-0.3, -0.25) is 9.59 Å². The van der Waals surface area contributed by atoms with Gasteiger partial charge in [0.25, 0.3) is 11.5 Å². The number of benzene rings is 1. The molecule has 0 bridgehead atoms. The van der Waals surface area contributed by atoms with Crippen LogP contribution in [0.2, 0.25) is 0 Å². The maximum Gasteiger partial charge on any atom is 0.272 e. The Morgan fingerprint density at radius 3 is 2.88 bits per heavy atom. The van der Waals surface area contributed by atoms with E-state index in [2.05, 4.69) is 20.4 Å². The molecule has 3 rings (SSSR count). The Morgan fingerprint density at radius 2 is 2.08 bits per heavy atom. The molecule has 7 nitrogen and oxygen atoms in total. The lowest BCUT2D eigenvalue weighted by atomic mass is 10.3. The number of para-hydroxylation sites is 2. The molecule has 0 aliphatic carbocycles. The van der Waals surface area contributed by atoms with E-state index in [9.17, 15) is 9.59 Å². The normalized spacial score (nSPS) is 10.9. The van der Waals surface area contributed by atoms with E-state index >= 15 is 0 Å². The molecule has 0 aliphatic rings. The van der Waals surface area contributed by atoms with E-state index in [0.29, 0.717) is 12.4 Å². The van der Waals surface area contributed by atoms with Crippen LogP contribution in [0, 0.1) is 0 Å². The number of aryl methyl sites for hydroxylation is 1. The second-order valence-electron chi connectivity index (χ2n) is 5.52. The minimum atomic E-state index is -0.333. The van der Waals surface area contributed by atoms with E-state index in [-0.39, 0.29) is 23.7 Å². The number of H-pyrrole nitrogens is 1. The lowest BCUT2D eigenvalue weighted by Crippen LogP contribution is -2.29. The number of aromatic nitrogens is 4. The molecule has 2 aromatic heterocycles. The standard InChI is InChI=1S/C17H19N5O2/c1-2-3-10-22-16(23)9-8-14(21-22)17(24)18-11-15-19-12-6-4-5-7-13(12)20-15/h4-9H,2-3,10-11H2,1H3,(H,18,24)(H,19,20). The van der Waals surface area contributed by atoms with Crippen LogP contribution in [0.15, 0.2) is 41.2 Å². The van der Waals surface area contributed by atoms with Crippen molar-refractivity contribution >= 4 is 16.9 Å². The number of imidazole rings is 1. The molecule has 0 saturated carbocycles. The van der Waals surface area contributed by atoms with Crippen molar-refractivity contribution in [1.29, 1.82) is 0 Å². The van der Waals surface area contributed by atoms with Gasteiger partial charge < -0.3 is 10.3 Å². The fraction of sp³-hybridized carbons (Fsp3) is 0.294. The summed E-state index contributed by atoms with van der Waals surface area (Å²) in [6.45, 7) is 2.82. The van der Waals surface area contributed by atoms with Crippen LogP contribution in [0.25, 0.3) is 11.0 Å². The van der Waals surface area contributed by atoms with Gasteiger partial charge in [-0.1, -0.05) is 25.5 Å². The van der Waals surface area contributed by atoms with Gasteiger partial charge >= 0.3 is 0 Å². The van der Waals surface area contributed by atoms with Gasteiger partial charge in [-0.2, -0.15) is 5.10 Å². The third-order valence-electron chi connectivity index (χ3n) is 3.68. The number of fused-ring (bicyclic) bond motifs is 1. The Labute approximate surface area is 138 Å². The SMILES string of the molecule is CCCCn1nc(C(=O)NCc2nc3ccccc3[nH]2)ccc1=O. The zero-order valence-corrected chi connectivity index (χ0v) is 13.5. The van der Waals surface area contributed by atoms with E-state index in [1.807, 2.05) is 31.2 Å². The molecule has 0 aliphatic heterocycles. The lowest BCUT2D eigenvalue weighted by Gasteiger charge is -2.06. The molecular weight excluding hydrogens is 306 g/mol. The number of aromatic amines is 1. The Bertz CT molecular complexity index is 879. The Hall–Kier alpha value is -2.96. The highest BCUT2D eigenvalue weighted by Crippen LogP contribution is 2.10. The van der Waals surface area contributed by atoms with Crippen molar-refractivity contribution < 1.29 is 4.79 Å². The Kier molecular flexibility index (Phi) is 4.69. The number of nitrogens with one attached hydrogen (secondary N) is 2. The Morgan fingerprint density at radius 1 is 1.25 bits per heavy atom. The maximum atomic E-state index is 12.2. The van der Waals surface area contributed by atoms with Crippen LogP contribution in [-0.2, 0) is 13.1 Å². The first kappa shape index (κ1) is 15.9. The van der Waals surface area contributed by atoms with Crippen LogP contribution < -0.4 is 10.9 Å². The molecule has 7 heteroatoms. The predicted molar refractivity (Wildman–Crippen MR) is 90.7 cm³/mol. The van der Waals surface area contributed by atoms with Gasteiger partial charge in [-0.15, -0.1) is 0 Å². The highest BCUT2D eigenvalue weighted by molar-refractivity contribution is 5.91. The van der Waals surface area contributed by atoms with E-state index in [1.165, 1.54) is 16.8 Å². The number of rotatable bonds is 6. The number of hydrogen-bond acceptors (Lipinski definition) is 4. The van der Waals surface area contributed by atoms with Gasteiger partial charge in [0.1, 0.15) is 11.5 Å². The molecule has 0 spiro atoms. The van der Waals surface area contributed by atoms with Gasteiger partial charge in [0.05, 0.1) is 17.6 Å². The quantitative estimate of drug-likeness (QED) is 0.723. The third-order valence-corrected chi connectivity index (χ3v) is 3.68. The first-order chi connectivity index (χ1) is 11.7. The van der Waals surface area contributed by atoms with Crippen molar-refractivity contribution in [3.63, 3.8) is 0 Å². The van der Waals surface area contributed by atoms with Crippen LogP contribution in [-0.4, -0.2) is 25.7 Å². The second kappa shape index (κ2) is 7.08. The minimum Gasteiger partial charge on any atom is -0.343 e. The minimum absolute atomic E-state index is 0.197. The molecule has 3 aromatic rings. The molecule has 0 radical (unpaired) electrons. The Balaban J connectivity index is 1.69. The maximum absolute atomic E-state index is 12.2. The number of carbonyl (C=O) groups is 1. The van der Waals surface area contributed by atoms with Crippen LogP contribution >= 0.6 is 0 Å². The largest absolute Gasteiger partial charge is 0.343 e. The lowest BCUT2D eigenvalue weighted by molar-refractivity contribution is 0.0942. The molecule has 0 fully saturated rings. The second-order valence-corrected chi connectivity index (χ2v) is 5.52. The fourth-order valence-electron chi connectivity index (χ4n) is 2.38. The van der Waals surface area contributed by atoms with E-state index in [1.54, 1.807) is 0 Å². The summed E-state index contributed by atoms with van der Waals surface area (Å²) < 4.78 is 1.33. The van der Waals surface area contributed by atoms with E-state index in [0.717, 1.165) is 23.9 Å². The summed E-state index contributed by atoms with van der Waals surface area (Å²) in [5, 5.41) is 6.89. The van der Waals surface area contributed by atoms with Gasteiger partial charge in [0.2, 0.25) is 0 Å². The van der Waals surface area contributed by atoms with Crippen LogP contribution in [0.5, 0.6) is 0 Å². The van der Waals surface area contributed by atoms with Crippen molar-refractivity contribution in [2.75, 3.05) is 0 Å². The molecule has 124 valence electrons. The monoisotopic (exact) mass is 325 g/mol. The summed E-state index contributed by atoms with van der Waals surface area (Å²) in [5.41, 5.74) is 1.81. The highest BCUT2D eigenvalue weighted by atomic mass is 16.2. The van der Waals surface area contributed by atoms with Crippen molar-refractivity contribution in [2.24, 2.45) is 0 Å². The number of nitrogens with zero attached hydrogens (tertiary/aromatic N) is 3. The van der Waals surface area contributed by atoms with Crippen molar-refractivity contribution in [3.8, 4) is 0 Å². The summed E-state index contributed by atoms with van der Waals surface area (Å²) in [4.78, 5) is 31.5. The summed E-state index contributed by atoms with van der Waals surface area (Å²) in [6.07, 6.45) is 1.80. The number of amides is 1. The van der Waals surface area contributed by atoms with Crippen molar-refractivity contribution in [3.05, 3.63) is 58.3 Å². The van der Waals surface area contributed by atoms with Crippen LogP contribution in [0.4, 0.5) is 0 Å². The summed E-state index contributed by atoms with van der Waals surface area (Å²) >= 11 is 0. The molecule has 1 aromatic carbocycles. The number of carbonyl (C=O) groups excluding carboxylic acids is 1. The van der Waals surface area contributed by atoms with Gasteiger partial charge in [0, 0.05) is 12.6 Å². The zero-order chi connectivity index (χ0) is 16.9. The predicted octanol–water partition coefficient (Wildman–Crippen LogP) is 1.85. The summed E-state index contributed by atoms with van der Waals surface area (Å²) in [5.74, 6) is 0.338. The number of unbranched alkanes of at least 4 members (excludes halogenated alkanes) is 1. The molecular formula is C17H19N5O2.